The highest BCUT2D eigenvalue weighted by atomic mass is 16.5. The molecule has 90 valence electrons. The van der Waals surface area contributed by atoms with Gasteiger partial charge < -0.3 is 20.0 Å². The van der Waals surface area contributed by atoms with Crippen LogP contribution in [0.25, 0.3) is 11.0 Å². The Labute approximate surface area is 98.2 Å². The average molecular weight is 233 g/mol. The fourth-order valence-electron chi connectivity index (χ4n) is 2.24. The lowest BCUT2D eigenvalue weighted by molar-refractivity contribution is 0.0770. The second-order valence-electron chi connectivity index (χ2n) is 4.39. The zero-order valence-corrected chi connectivity index (χ0v) is 9.45. The van der Waals surface area contributed by atoms with Crippen molar-refractivity contribution in [1.29, 1.82) is 0 Å². The molecule has 1 fully saturated rings. The molecule has 3 N–H and O–H groups in total. The van der Waals surface area contributed by atoms with E-state index in [1.807, 2.05) is 18.2 Å². The third kappa shape index (κ3) is 2.25. The molecule has 0 aliphatic carbocycles. The van der Waals surface area contributed by atoms with Crippen molar-refractivity contribution in [3.8, 4) is 0 Å². The summed E-state index contributed by atoms with van der Waals surface area (Å²) in [5, 5.41) is 3.42. The zero-order valence-electron chi connectivity index (χ0n) is 9.45. The molecule has 5 heteroatoms. The minimum atomic E-state index is -0.156. The second kappa shape index (κ2) is 4.35. The van der Waals surface area contributed by atoms with E-state index in [1.54, 1.807) is 0 Å². The van der Waals surface area contributed by atoms with Crippen LogP contribution in [0.15, 0.2) is 23.0 Å². The van der Waals surface area contributed by atoms with E-state index in [-0.39, 0.29) is 5.69 Å². The van der Waals surface area contributed by atoms with Crippen molar-refractivity contribution in [1.82, 2.24) is 15.3 Å². The van der Waals surface area contributed by atoms with Crippen LogP contribution in [-0.4, -0.2) is 35.8 Å². The van der Waals surface area contributed by atoms with Gasteiger partial charge >= 0.3 is 5.69 Å². The maximum absolute atomic E-state index is 11.1. The van der Waals surface area contributed by atoms with Crippen LogP contribution in [0.1, 0.15) is 5.56 Å². The van der Waals surface area contributed by atoms with Gasteiger partial charge in [0.1, 0.15) is 0 Å². The van der Waals surface area contributed by atoms with Gasteiger partial charge in [-0.3, -0.25) is 0 Å². The van der Waals surface area contributed by atoms with E-state index in [2.05, 4.69) is 15.3 Å². The Morgan fingerprint density at radius 3 is 3.00 bits per heavy atom. The Morgan fingerprint density at radius 1 is 1.29 bits per heavy atom. The maximum atomic E-state index is 11.1. The molecule has 1 saturated heterocycles. The van der Waals surface area contributed by atoms with Gasteiger partial charge in [0.2, 0.25) is 0 Å². The lowest BCUT2D eigenvalue weighted by Crippen LogP contribution is -2.42. The second-order valence-corrected chi connectivity index (χ2v) is 4.39. The smallest absolute Gasteiger partial charge is 0.323 e. The van der Waals surface area contributed by atoms with E-state index in [4.69, 9.17) is 4.74 Å². The third-order valence-corrected chi connectivity index (χ3v) is 3.06. The fraction of sp³-hybridized carbons (Fsp3) is 0.417. The number of aromatic amines is 2. The summed E-state index contributed by atoms with van der Waals surface area (Å²) < 4.78 is 5.42. The highest BCUT2D eigenvalue weighted by molar-refractivity contribution is 5.75. The number of morpholine rings is 1. The Kier molecular flexibility index (Phi) is 2.70. The number of H-pyrrole nitrogens is 2. The van der Waals surface area contributed by atoms with Gasteiger partial charge in [-0.1, -0.05) is 6.07 Å². The Balaban J connectivity index is 1.82. The minimum absolute atomic E-state index is 0.156. The normalized spacial score (nSPS) is 20.8. The molecule has 1 aromatic carbocycles. The Morgan fingerprint density at radius 2 is 2.18 bits per heavy atom. The molecule has 17 heavy (non-hydrogen) atoms. The first-order valence-corrected chi connectivity index (χ1v) is 5.83. The number of hydrogen-bond acceptors (Lipinski definition) is 3. The quantitative estimate of drug-likeness (QED) is 0.702. The highest BCUT2D eigenvalue weighted by Gasteiger charge is 2.13. The summed E-state index contributed by atoms with van der Waals surface area (Å²) >= 11 is 0. The molecule has 1 unspecified atom stereocenters. The number of benzene rings is 1. The fourth-order valence-corrected chi connectivity index (χ4v) is 2.24. The van der Waals surface area contributed by atoms with Crippen molar-refractivity contribution in [2.75, 3.05) is 19.8 Å². The van der Waals surface area contributed by atoms with Crippen molar-refractivity contribution in [2.24, 2.45) is 0 Å². The van der Waals surface area contributed by atoms with Gasteiger partial charge in [-0.15, -0.1) is 0 Å². The number of nitrogens with one attached hydrogen (secondary N) is 3. The SMILES string of the molecule is O=c1[nH]c2ccc(CC3COCCN3)cc2[nH]1. The average Bonchev–Trinajstić information content (AvgIpc) is 2.70. The molecule has 1 aliphatic heterocycles. The van der Waals surface area contributed by atoms with E-state index < -0.39 is 0 Å². The number of aromatic nitrogens is 2. The molecule has 1 aromatic heterocycles. The van der Waals surface area contributed by atoms with Crippen LogP contribution in [0, 0.1) is 0 Å². The van der Waals surface area contributed by atoms with E-state index in [0.717, 1.165) is 37.2 Å². The molecule has 1 atom stereocenters. The van der Waals surface area contributed by atoms with Crippen LogP contribution >= 0.6 is 0 Å². The van der Waals surface area contributed by atoms with E-state index >= 15 is 0 Å². The van der Waals surface area contributed by atoms with Crippen molar-refractivity contribution in [3.63, 3.8) is 0 Å². The molecular weight excluding hydrogens is 218 g/mol. The van der Waals surface area contributed by atoms with Crippen molar-refractivity contribution >= 4 is 11.0 Å². The van der Waals surface area contributed by atoms with Gasteiger partial charge in [-0.25, -0.2) is 4.79 Å². The van der Waals surface area contributed by atoms with Gasteiger partial charge in [0, 0.05) is 12.6 Å². The summed E-state index contributed by atoms with van der Waals surface area (Å²) in [6, 6.07) is 6.37. The molecule has 0 spiro atoms. The van der Waals surface area contributed by atoms with Crippen LogP contribution in [0.3, 0.4) is 0 Å². The van der Waals surface area contributed by atoms with E-state index in [0.29, 0.717) is 6.04 Å². The highest BCUT2D eigenvalue weighted by Crippen LogP contribution is 2.12. The third-order valence-electron chi connectivity index (χ3n) is 3.06. The summed E-state index contributed by atoms with van der Waals surface area (Å²) in [4.78, 5) is 16.7. The largest absolute Gasteiger partial charge is 0.379 e. The molecule has 0 bridgehead atoms. The van der Waals surface area contributed by atoms with Gasteiger partial charge in [0.15, 0.2) is 0 Å². The minimum Gasteiger partial charge on any atom is -0.379 e. The predicted molar refractivity (Wildman–Crippen MR) is 65.2 cm³/mol. The van der Waals surface area contributed by atoms with Crippen LogP contribution in [0.4, 0.5) is 0 Å². The molecule has 0 amide bonds. The van der Waals surface area contributed by atoms with Crippen LogP contribution < -0.4 is 11.0 Å². The van der Waals surface area contributed by atoms with Crippen LogP contribution in [-0.2, 0) is 11.2 Å². The first kappa shape index (κ1) is 10.6. The number of ether oxygens (including phenoxy) is 1. The van der Waals surface area contributed by atoms with Crippen LogP contribution in [0.2, 0.25) is 0 Å². The molecule has 3 rings (SSSR count). The number of hydrogen-bond donors (Lipinski definition) is 3. The predicted octanol–water partition coefficient (Wildman–Crippen LogP) is 0.387. The van der Waals surface area contributed by atoms with Crippen molar-refractivity contribution in [2.45, 2.75) is 12.5 Å². The number of imidazole rings is 1. The zero-order chi connectivity index (χ0) is 11.7. The van der Waals surface area contributed by atoms with E-state index in [9.17, 15) is 4.79 Å². The summed E-state index contributed by atoms with van der Waals surface area (Å²) in [5.74, 6) is 0. The summed E-state index contributed by atoms with van der Waals surface area (Å²) in [7, 11) is 0. The summed E-state index contributed by atoms with van der Waals surface area (Å²) in [5.41, 5.74) is 2.77. The molecule has 2 aromatic rings. The van der Waals surface area contributed by atoms with Gasteiger partial charge in [-0.2, -0.15) is 0 Å². The topological polar surface area (TPSA) is 69.9 Å². The molecule has 0 saturated carbocycles. The monoisotopic (exact) mass is 233 g/mol. The summed E-state index contributed by atoms with van der Waals surface area (Å²) in [6.45, 7) is 2.45. The molecular formula is C12H15N3O2. The molecule has 0 radical (unpaired) electrons. The Bertz CT molecular complexity index is 566. The first-order valence-electron chi connectivity index (χ1n) is 5.83. The molecule has 2 heterocycles. The lowest BCUT2D eigenvalue weighted by Gasteiger charge is -2.23. The number of rotatable bonds is 2. The molecule has 1 aliphatic rings. The maximum Gasteiger partial charge on any atom is 0.323 e. The first-order chi connectivity index (χ1) is 8.31. The summed E-state index contributed by atoms with van der Waals surface area (Å²) in [6.07, 6.45) is 0.920. The van der Waals surface area contributed by atoms with Gasteiger partial charge in [0.25, 0.3) is 0 Å². The van der Waals surface area contributed by atoms with E-state index in [1.165, 1.54) is 5.56 Å². The van der Waals surface area contributed by atoms with Crippen molar-refractivity contribution < 1.29 is 4.74 Å². The molecule has 5 nitrogen and oxygen atoms in total. The number of fused-ring (bicyclic) bond motifs is 1. The standard InChI is InChI=1S/C12H15N3O2/c16-12-14-10-2-1-8(6-11(10)15-12)5-9-7-17-4-3-13-9/h1-2,6,9,13H,3-5,7H2,(H2,14,15,16). The van der Waals surface area contributed by atoms with Gasteiger partial charge in [-0.05, 0) is 24.1 Å². The van der Waals surface area contributed by atoms with Gasteiger partial charge in [0.05, 0.1) is 24.2 Å². The van der Waals surface area contributed by atoms with Crippen molar-refractivity contribution in [3.05, 3.63) is 34.2 Å². The Hall–Kier alpha value is -1.59. The van der Waals surface area contributed by atoms with Crippen LogP contribution in [0.5, 0.6) is 0 Å². The lowest BCUT2D eigenvalue weighted by atomic mass is 10.1.